The third kappa shape index (κ3) is 5.69. The molecule has 0 unspecified atom stereocenters. The van der Waals surface area contributed by atoms with Crippen LogP contribution in [0.3, 0.4) is 0 Å². The molecule has 3 aromatic rings. The molecule has 144 valence electrons. The monoisotopic (exact) mass is 394 g/mol. The summed E-state index contributed by atoms with van der Waals surface area (Å²) in [6.07, 6.45) is 1.19. The van der Waals surface area contributed by atoms with Crippen molar-refractivity contribution in [2.24, 2.45) is 0 Å². The lowest BCUT2D eigenvalue weighted by atomic mass is 10.1. The molecule has 0 heterocycles. The fourth-order valence-corrected chi connectivity index (χ4v) is 3.61. The van der Waals surface area contributed by atoms with Crippen molar-refractivity contribution in [3.8, 4) is 0 Å². The molecule has 6 heteroatoms. The Hall–Kier alpha value is -3.12. The number of amides is 1. The highest BCUT2D eigenvalue weighted by Gasteiger charge is 2.13. The third-order valence-corrected chi connectivity index (χ3v) is 4.99. The van der Waals surface area contributed by atoms with E-state index in [1.165, 1.54) is 6.26 Å². The minimum absolute atomic E-state index is 0.0426. The van der Waals surface area contributed by atoms with Crippen molar-refractivity contribution in [1.29, 1.82) is 0 Å². The van der Waals surface area contributed by atoms with Crippen LogP contribution in [-0.4, -0.2) is 20.6 Å². The molecule has 1 N–H and O–H groups in total. The van der Waals surface area contributed by atoms with Gasteiger partial charge in [0.25, 0.3) is 5.91 Å². The third-order valence-electron chi connectivity index (χ3n) is 4.13. The standard InChI is InChI=1S/C22H22N2O3S/c1-28(26,27)17-19-12-14-20(15-13-19)22(25)23-24(21-10-6-3-7-11-21)16-18-8-4-2-5-9-18/h2-15H,16-17H2,1H3,(H,23,25). The maximum Gasteiger partial charge on any atom is 0.269 e. The summed E-state index contributed by atoms with van der Waals surface area (Å²) in [5.41, 5.74) is 6.00. The summed E-state index contributed by atoms with van der Waals surface area (Å²) >= 11 is 0. The Kier molecular flexibility index (Phi) is 6.11. The number of nitrogens with zero attached hydrogens (tertiary/aromatic N) is 1. The van der Waals surface area contributed by atoms with Crippen LogP contribution in [0.2, 0.25) is 0 Å². The smallest absolute Gasteiger partial charge is 0.269 e. The minimum atomic E-state index is -3.11. The molecule has 3 aromatic carbocycles. The first-order valence-electron chi connectivity index (χ1n) is 8.85. The molecule has 0 spiro atoms. The Morgan fingerprint density at radius 1 is 0.821 bits per heavy atom. The van der Waals surface area contributed by atoms with E-state index in [0.717, 1.165) is 11.3 Å². The molecule has 0 aliphatic carbocycles. The van der Waals surface area contributed by atoms with Gasteiger partial charge in [0.1, 0.15) is 0 Å². The van der Waals surface area contributed by atoms with Crippen LogP contribution in [0.1, 0.15) is 21.5 Å². The molecule has 0 aliphatic heterocycles. The summed E-state index contributed by atoms with van der Waals surface area (Å²) in [5.74, 6) is -0.301. The van der Waals surface area contributed by atoms with Crippen molar-refractivity contribution in [3.05, 3.63) is 102 Å². The SMILES string of the molecule is CS(=O)(=O)Cc1ccc(C(=O)NN(Cc2ccccc2)c2ccccc2)cc1. The number of carbonyl (C=O) groups is 1. The van der Waals surface area contributed by atoms with E-state index in [2.05, 4.69) is 5.43 Å². The minimum Gasteiger partial charge on any atom is -0.281 e. The van der Waals surface area contributed by atoms with Crippen molar-refractivity contribution in [3.63, 3.8) is 0 Å². The van der Waals surface area contributed by atoms with Gasteiger partial charge in [-0.15, -0.1) is 0 Å². The number of carbonyl (C=O) groups excluding carboxylic acids is 1. The summed E-state index contributed by atoms with van der Waals surface area (Å²) in [4.78, 5) is 12.7. The molecule has 0 saturated carbocycles. The van der Waals surface area contributed by atoms with Crippen molar-refractivity contribution in [2.75, 3.05) is 11.3 Å². The summed E-state index contributed by atoms with van der Waals surface area (Å²) in [5, 5.41) is 1.79. The van der Waals surface area contributed by atoms with Crippen LogP contribution in [0.5, 0.6) is 0 Å². The number of hydrogen-bond acceptors (Lipinski definition) is 4. The fraction of sp³-hybridized carbons (Fsp3) is 0.136. The zero-order valence-corrected chi connectivity index (χ0v) is 16.4. The van der Waals surface area contributed by atoms with Crippen molar-refractivity contribution >= 4 is 21.4 Å². The summed E-state index contributed by atoms with van der Waals surface area (Å²) in [6, 6.07) is 26.1. The van der Waals surface area contributed by atoms with Crippen LogP contribution in [0.25, 0.3) is 0 Å². The maximum atomic E-state index is 12.7. The highest BCUT2D eigenvalue weighted by atomic mass is 32.2. The lowest BCUT2D eigenvalue weighted by molar-refractivity contribution is 0.0948. The van der Waals surface area contributed by atoms with E-state index in [1.54, 1.807) is 29.3 Å². The molecule has 0 fully saturated rings. The fourth-order valence-electron chi connectivity index (χ4n) is 2.81. The number of para-hydroxylation sites is 1. The lowest BCUT2D eigenvalue weighted by Crippen LogP contribution is -2.42. The van der Waals surface area contributed by atoms with Gasteiger partial charge >= 0.3 is 0 Å². The first kappa shape index (κ1) is 19.6. The molecule has 0 bridgehead atoms. The van der Waals surface area contributed by atoms with Crippen LogP contribution < -0.4 is 10.4 Å². The predicted octanol–water partition coefficient (Wildman–Crippen LogP) is 3.58. The summed E-state index contributed by atoms with van der Waals surface area (Å²) < 4.78 is 22.8. The van der Waals surface area contributed by atoms with Gasteiger partial charge in [-0.3, -0.25) is 15.2 Å². The van der Waals surface area contributed by atoms with Crippen LogP contribution in [0, 0.1) is 0 Å². The molecular formula is C22H22N2O3S. The molecule has 3 rings (SSSR count). The quantitative estimate of drug-likeness (QED) is 0.622. The van der Waals surface area contributed by atoms with Crippen molar-refractivity contribution < 1.29 is 13.2 Å². The van der Waals surface area contributed by atoms with E-state index in [0.29, 0.717) is 17.7 Å². The van der Waals surface area contributed by atoms with E-state index in [9.17, 15) is 13.2 Å². The van der Waals surface area contributed by atoms with Gasteiger partial charge in [0.2, 0.25) is 0 Å². The number of anilines is 1. The Balaban J connectivity index is 1.77. The summed E-state index contributed by atoms with van der Waals surface area (Å²) in [6.45, 7) is 0.517. The topological polar surface area (TPSA) is 66.5 Å². The summed E-state index contributed by atoms with van der Waals surface area (Å²) in [7, 11) is -3.11. The number of benzene rings is 3. The molecule has 5 nitrogen and oxygen atoms in total. The first-order valence-corrected chi connectivity index (χ1v) is 10.9. The molecule has 0 aromatic heterocycles. The van der Waals surface area contributed by atoms with Gasteiger partial charge in [0.05, 0.1) is 18.0 Å². The number of hydrogen-bond donors (Lipinski definition) is 1. The van der Waals surface area contributed by atoms with E-state index in [1.807, 2.05) is 60.7 Å². The zero-order valence-electron chi connectivity index (χ0n) is 15.6. The largest absolute Gasteiger partial charge is 0.281 e. The molecule has 1 amide bonds. The van der Waals surface area contributed by atoms with Gasteiger partial charge in [-0.05, 0) is 35.4 Å². The Labute approximate surface area is 165 Å². The van der Waals surface area contributed by atoms with Gasteiger partial charge in [-0.1, -0.05) is 60.7 Å². The number of sulfone groups is 1. The molecule has 28 heavy (non-hydrogen) atoms. The number of rotatable bonds is 7. The zero-order chi connectivity index (χ0) is 20.0. The van der Waals surface area contributed by atoms with E-state index in [4.69, 9.17) is 0 Å². The number of nitrogens with one attached hydrogen (secondary N) is 1. The van der Waals surface area contributed by atoms with Gasteiger partial charge in [0, 0.05) is 11.8 Å². The van der Waals surface area contributed by atoms with Gasteiger partial charge < -0.3 is 0 Å². The second kappa shape index (κ2) is 8.71. The predicted molar refractivity (Wildman–Crippen MR) is 112 cm³/mol. The lowest BCUT2D eigenvalue weighted by Gasteiger charge is -2.25. The Morgan fingerprint density at radius 3 is 1.96 bits per heavy atom. The molecule has 0 aliphatic rings. The Bertz CT molecular complexity index is 1020. The molecular weight excluding hydrogens is 372 g/mol. The van der Waals surface area contributed by atoms with Crippen molar-refractivity contribution in [1.82, 2.24) is 5.43 Å². The second-order valence-electron chi connectivity index (χ2n) is 6.62. The highest BCUT2D eigenvalue weighted by molar-refractivity contribution is 7.89. The average Bonchev–Trinajstić information content (AvgIpc) is 2.68. The van der Waals surface area contributed by atoms with Gasteiger partial charge in [0.15, 0.2) is 9.84 Å². The van der Waals surface area contributed by atoms with E-state index < -0.39 is 9.84 Å². The van der Waals surface area contributed by atoms with Crippen LogP contribution in [0.15, 0.2) is 84.9 Å². The molecule has 0 saturated heterocycles. The van der Waals surface area contributed by atoms with Crippen molar-refractivity contribution in [2.45, 2.75) is 12.3 Å². The number of hydrazine groups is 1. The Morgan fingerprint density at radius 2 is 1.39 bits per heavy atom. The highest BCUT2D eigenvalue weighted by Crippen LogP contribution is 2.16. The van der Waals surface area contributed by atoms with Crippen LogP contribution in [0.4, 0.5) is 5.69 Å². The normalized spacial score (nSPS) is 11.0. The second-order valence-corrected chi connectivity index (χ2v) is 8.76. The molecule has 0 atom stereocenters. The van der Waals surface area contributed by atoms with Crippen LogP contribution in [-0.2, 0) is 22.1 Å². The first-order chi connectivity index (χ1) is 13.4. The van der Waals surface area contributed by atoms with Gasteiger partial charge in [-0.2, -0.15) is 0 Å². The van der Waals surface area contributed by atoms with Crippen LogP contribution >= 0.6 is 0 Å². The molecule has 0 radical (unpaired) electrons. The average molecular weight is 394 g/mol. The van der Waals surface area contributed by atoms with Gasteiger partial charge in [-0.25, -0.2) is 8.42 Å². The maximum absolute atomic E-state index is 12.7. The van der Waals surface area contributed by atoms with E-state index in [-0.39, 0.29) is 11.7 Å². The van der Waals surface area contributed by atoms with E-state index >= 15 is 0 Å².